The van der Waals surface area contributed by atoms with Crippen LogP contribution in [0.25, 0.3) is 21.8 Å². The number of benzene rings is 2. The van der Waals surface area contributed by atoms with Gasteiger partial charge in [0.05, 0.1) is 11.0 Å². The topological polar surface area (TPSA) is 25.9 Å². The van der Waals surface area contributed by atoms with Gasteiger partial charge in [0.25, 0.3) is 5.91 Å². The summed E-state index contributed by atoms with van der Waals surface area (Å²) < 4.78 is 3.75. The van der Waals surface area contributed by atoms with Crippen LogP contribution >= 0.6 is 0 Å². The van der Waals surface area contributed by atoms with Gasteiger partial charge in [-0.15, -0.1) is 0 Å². The second-order valence-corrected chi connectivity index (χ2v) is 5.81. The molecule has 4 rings (SSSR count). The van der Waals surface area contributed by atoms with Crippen molar-refractivity contribution in [1.82, 2.24) is 4.57 Å². The Morgan fingerprint density at radius 2 is 1.38 bits per heavy atom. The summed E-state index contributed by atoms with van der Waals surface area (Å²) in [5.74, 6) is 0.0660. The molecule has 0 saturated heterocycles. The maximum atomic E-state index is 12.9. The molecule has 2 aromatic carbocycles. The molecule has 24 heavy (non-hydrogen) atoms. The summed E-state index contributed by atoms with van der Waals surface area (Å²) in [4.78, 5) is 12.9. The molecular weight excluding hydrogens is 320 g/mol. The lowest BCUT2D eigenvalue weighted by molar-refractivity contribution is -0.683. The quantitative estimate of drug-likeness (QED) is 0.496. The molecule has 0 unspecified atom stereocenters. The first-order chi connectivity index (χ1) is 11.2. The minimum absolute atomic E-state index is 0. The second-order valence-electron chi connectivity index (χ2n) is 5.81. The molecular formula is C20H17ClN2O. The van der Waals surface area contributed by atoms with Crippen molar-refractivity contribution in [3.05, 3.63) is 78.6 Å². The third-order valence-electron chi connectivity index (χ3n) is 4.21. The van der Waals surface area contributed by atoms with E-state index in [1.54, 1.807) is 0 Å². The predicted molar refractivity (Wildman–Crippen MR) is 91.4 cm³/mol. The molecule has 0 atom stereocenters. The summed E-state index contributed by atoms with van der Waals surface area (Å²) in [5.41, 5.74) is 3.11. The molecule has 0 aliphatic rings. The highest BCUT2D eigenvalue weighted by atomic mass is 35.5. The Morgan fingerprint density at radius 1 is 0.875 bits per heavy atom. The summed E-state index contributed by atoms with van der Waals surface area (Å²) >= 11 is 0. The van der Waals surface area contributed by atoms with Gasteiger partial charge in [0.15, 0.2) is 12.4 Å². The Kier molecular flexibility index (Phi) is 4.36. The van der Waals surface area contributed by atoms with Crippen molar-refractivity contribution in [2.45, 2.75) is 13.5 Å². The van der Waals surface area contributed by atoms with E-state index in [-0.39, 0.29) is 18.3 Å². The monoisotopic (exact) mass is 336 g/mol. The predicted octanol–water partition coefficient (Wildman–Crippen LogP) is 0.735. The molecule has 4 heteroatoms. The Labute approximate surface area is 146 Å². The minimum atomic E-state index is 0. The fourth-order valence-electron chi connectivity index (χ4n) is 3.06. The average Bonchev–Trinajstić information content (AvgIpc) is 2.91. The van der Waals surface area contributed by atoms with Gasteiger partial charge in [0, 0.05) is 22.9 Å². The van der Waals surface area contributed by atoms with E-state index in [1.165, 1.54) is 5.56 Å². The molecule has 2 aromatic heterocycles. The first kappa shape index (κ1) is 16.2. The number of nitrogens with zero attached hydrogens (tertiary/aromatic N) is 2. The van der Waals surface area contributed by atoms with E-state index in [4.69, 9.17) is 0 Å². The molecule has 3 nitrogen and oxygen atoms in total. The second kappa shape index (κ2) is 6.46. The lowest BCUT2D eigenvalue weighted by atomic mass is 10.2. The van der Waals surface area contributed by atoms with Crippen molar-refractivity contribution in [2.24, 2.45) is 0 Å². The number of hydrogen-bond acceptors (Lipinski definition) is 1. The van der Waals surface area contributed by atoms with Gasteiger partial charge < -0.3 is 12.4 Å². The van der Waals surface area contributed by atoms with E-state index < -0.39 is 0 Å². The number of halogens is 1. The molecule has 0 aliphatic carbocycles. The first-order valence-corrected chi connectivity index (χ1v) is 7.71. The zero-order valence-electron chi connectivity index (χ0n) is 13.3. The van der Waals surface area contributed by atoms with Gasteiger partial charge in [-0.2, -0.15) is 4.57 Å². The van der Waals surface area contributed by atoms with Crippen LogP contribution in [0.4, 0.5) is 0 Å². The zero-order valence-corrected chi connectivity index (χ0v) is 14.1. The van der Waals surface area contributed by atoms with Crippen LogP contribution in [0.2, 0.25) is 0 Å². The highest BCUT2D eigenvalue weighted by Crippen LogP contribution is 2.28. The normalized spacial score (nSPS) is 10.7. The summed E-state index contributed by atoms with van der Waals surface area (Å²) in [6, 6.07) is 20.2. The molecule has 2 heterocycles. The molecule has 120 valence electrons. The highest BCUT2D eigenvalue weighted by Gasteiger charge is 2.18. The van der Waals surface area contributed by atoms with Crippen molar-refractivity contribution in [2.75, 3.05) is 0 Å². The molecule has 0 fully saturated rings. The van der Waals surface area contributed by atoms with Crippen LogP contribution in [-0.4, -0.2) is 10.5 Å². The number of para-hydroxylation sites is 2. The van der Waals surface area contributed by atoms with Gasteiger partial charge >= 0.3 is 0 Å². The fraction of sp³-hybridized carbons (Fsp3) is 0.100. The van der Waals surface area contributed by atoms with Crippen LogP contribution in [0.3, 0.4) is 0 Å². The van der Waals surface area contributed by atoms with Gasteiger partial charge in [-0.25, -0.2) is 0 Å². The first-order valence-electron chi connectivity index (χ1n) is 7.71. The Hall–Kier alpha value is -2.65. The van der Waals surface area contributed by atoms with Gasteiger partial charge in [0.2, 0.25) is 6.54 Å². The molecule has 0 saturated carbocycles. The van der Waals surface area contributed by atoms with E-state index in [0.29, 0.717) is 6.54 Å². The van der Waals surface area contributed by atoms with E-state index in [0.717, 1.165) is 21.8 Å². The molecule has 0 spiro atoms. The summed E-state index contributed by atoms with van der Waals surface area (Å²) in [6.07, 6.45) is 3.89. The zero-order chi connectivity index (χ0) is 15.8. The Balaban J connectivity index is 0.00000169. The van der Waals surface area contributed by atoms with Gasteiger partial charge in [0.1, 0.15) is 0 Å². The molecule has 4 aromatic rings. The maximum absolute atomic E-state index is 12.9. The van der Waals surface area contributed by atoms with Crippen molar-refractivity contribution >= 4 is 27.7 Å². The van der Waals surface area contributed by atoms with Crippen molar-refractivity contribution in [3.63, 3.8) is 0 Å². The third kappa shape index (κ3) is 2.68. The number of rotatable bonds is 2. The van der Waals surface area contributed by atoms with E-state index in [2.05, 4.69) is 12.1 Å². The van der Waals surface area contributed by atoms with E-state index >= 15 is 0 Å². The highest BCUT2D eigenvalue weighted by molar-refractivity contribution is 6.13. The minimum Gasteiger partial charge on any atom is -1.00 e. The van der Waals surface area contributed by atoms with E-state index in [9.17, 15) is 4.79 Å². The van der Waals surface area contributed by atoms with Crippen LogP contribution in [0.5, 0.6) is 0 Å². The average molecular weight is 337 g/mol. The van der Waals surface area contributed by atoms with Gasteiger partial charge in [-0.05, 0) is 24.6 Å². The number of carbonyl (C=O) groups excluding carboxylic acids is 1. The van der Waals surface area contributed by atoms with Crippen LogP contribution in [-0.2, 0) is 6.54 Å². The Morgan fingerprint density at radius 3 is 1.92 bits per heavy atom. The van der Waals surface area contributed by atoms with Gasteiger partial charge in [-0.3, -0.25) is 9.36 Å². The largest absolute Gasteiger partial charge is 1.00 e. The summed E-state index contributed by atoms with van der Waals surface area (Å²) in [6.45, 7) is 2.36. The molecule has 0 aliphatic heterocycles. The van der Waals surface area contributed by atoms with Crippen LogP contribution in [0.15, 0.2) is 73.1 Å². The van der Waals surface area contributed by atoms with Crippen LogP contribution < -0.4 is 17.0 Å². The number of aromatic nitrogens is 2. The lowest BCUT2D eigenvalue weighted by Gasteiger charge is -2.04. The van der Waals surface area contributed by atoms with Crippen molar-refractivity contribution in [1.29, 1.82) is 0 Å². The molecule has 0 bridgehead atoms. The summed E-state index contributed by atoms with van der Waals surface area (Å²) in [5, 5.41) is 2.23. The number of aryl methyl sites for hydroxylation is 1. The molecule has 0 amide bonds. The summed E-state index contributed by atoms with van der Waals surface area (Å²) in [7, 11) is 0. The lowest BCUT2D eigenvalue weighted by Crippen LogP contribution is -3.00. The van der Waals surface area contributed by atoms with Crippen molar-refractivity contribution < 1.29 is 21.8 Å². The van der Waals surface area contributed by atoms with Gasteiger partial charge in [-0.1, -0.05) is 36.4 Å². The number of fused-ring (bicyclic) bond motifs is 3. The molecule has 0 radical (unpaired) electrons. The van der Waals surface area contributed by atoms with E-state index in [1.807, 2.05) is 77.0 Å². The fourth-order valence-corrected chi connectivity index (χ4v) is 3.06. The smallest absolute Gasteiger partial charge is 0.297 e. The standard InChI is InChI=1S/C20H17N2O.ClH/c1-15-10-12-21(13-11-15)14-20(23)22-18-8-4-2-6-16(18)17-7-3-5-9-19(17)22;/h2-13H,14H2,1H3;1H/q+1;/p-1. The number of hydrogen-bond donors (Lipinski definition) is 0. The molecule has 0 N–H and O–H groups in total. The number of pyridine rings is 1. The maximum Gasteiger partial charge on any atom is 0.297 e. The Bertz CT molecular complexity index is 966. The SMILES string of the molecule is Cc1cc[n+](CC(=O)n2c3ccccc3c3ccccc32)cc1.[Cl-]. The third-order valence-corrected chi connectivity index (χ3v) is 4.21. The van der Waals surface area contributed by atoms with Crippen LogP contribution in [0.1, 0.15) is 10.4 Å². The van der Waals surface area contributed by atoms with Crippen molar-refractivity contribution in [3.8, 4) is 0 Å². The number of carbonyl (C=O) groups is 1. The van der Waals surface area contributed by atoms with Crippen LogP contribution in [0, 0.1) is 6.92 Å².